The van der Waals surface area contributed by atoms with Crippen LogP contribution in [0.3, 0.4) is 0 Å². The molecule has 0 unspecified atom stereocenters. The minimum Gasteiger partial charge on any atom is -0.340 e. The second kappa shape index (κ2) is 6.48. The molecular formula is C19H24N6O. The van der Waals surface area contributed by atoms with Crippen molar-refractivity contribution in [2.45, 2.75) is 45.8 Å². The number of carbonyl (C=O) groups is 1. The lowest BCUT2D eigenvalue weighted by atomic mass is 10.1. The number of aromatic amines is 1. The Kier molecular flexibility index (Phi) is 4.14. The molecule has 1 aliphatic carbocycles. The van der Waals surface area contributed by atoms with E-state index in [1.54, 1.807) is 4.68 Å². The molecular weight excluding hydrogens is 328 g/mol. The highest BCUT2D eigenvalue weighted by molar-refractivity contribution is 5.80. The van der Waals surface area contributed by atoms with Crippen molar-refractivity contribution in [3.05, 3.63) is 47.0 Å². The number of aromatic nitrogens is 4. The molecule has 0 saturated heterocycles. The first kappa shape index (κ1) is 16.6. The molecule has 2 amide bonds. The molecule has 0 atom stereocenters. The maximum absolute atomic E-state index is 12.7. The Morgan fingerprint density at radius 2 is 2.19 bits per heavy atom. The smallest absolute Gasteiger partial charge is 0.318 e. The van der Waals surface area contributed by atoms with Crippen LogP contribution in [-0.2, 0) is 20.1 Å². The Balaban J connectivity index is 1.44. The Bertz CT molecular complexity index is 952. The van der Waals surface area contributed by atoms with Gasteiger partial charge in [0.2, 0.25) is 0 Å². The summed E-state index contributed by atoms with van der Waals surface area (Å²) in [5.74, 6) is 0.777. The van der Waals surface area contributed by atoms with Gasteiger partial charge in [0.15, 0.2) is 0 Å². The molecule has 1 fully saturated rings. The number of nitrogens with one attached hydrogen (secondary N) is 2. The van der Waals surface area contributed by atoms with Crippen molar-refractivity contribution in [1.29, 1.82) is 0 Å². The second-order valence-electron chi connectivity index (χ2n) is 7.13. The molecule has 7 nitrogen and oxygen atoms in total. The number of nitrogens with zero attached hydrogens (tertiary/aromatic N) is 4. The zero-order chi connectivity index (χ0) is 18.3. The standard InChI is InChI=1S/C19H24N6O/c1-12-4-7-16-18(13(12)2)23-17(22-16)9-20-19(26)25(15-5-6-15)11-14-8-21-24(3)10-14/h4,7-8,10,15H,5-6,9,11H2,1-3H3,(H,20,26)(H,22,23). The fraction of sp³-hybridized carbons (Fsp3) is 0.421. The van der Waals surface area contributed by atoms with Gasteiger partial charge >= 0.3 is 6.03 Å². The highest BCUT2D eigenvalue weighted by Gasteiger charge is 2.32. The maximum Gasteiger partial charge on any atom is 0.318 e. The number of amides is 2. The van der Waals surface area contributed by atoms with Crippen molar-refractivity contribution in [1.82, 2.24) is 30.0 Å². The lowest BCUT2D eigenvalue weighted by Crippen LogP contribution is -2.40. The molecule has 0 bridgehead atoms. The van der Waals surface area contributed by atoms with Crippen LogP contribution in [0.4, 0.5) is 4.79 Å². The maximum atomic E-state index is 12.7. The zero-order valence-corrected chi connectivity index (χ0v) is 15.4. The van der Waals surface area contributed by atoms with Gasteiger partial charge in [0, 0.05) is 24.8 Å². The molecule has 4 rings (SSSR count). The van der Waals surface area contributed by atoms with Crippen LogP contribution in [-0.4, -0.2) is 36.7 Å². The second-order valence-corrected chi connectivity index (χ2v) is 7.13. The van der Waals surface area contributed by atoms with E-state index in [0.717, 1.165) is 35.3 Å². The van der Waals surface area contributed by atoms with Crippen LogP contribution < -0.4 is 5.32 Å². The topological polar surface area (TPSA) is 78.8 Å². The van der Waals surface area contributed by atoms with Gasteiger partial charge in [-0.15, -0.1) is 0 Å². The number of H-pyrrole nitrogens is 1. The van der Waals surface area contributed by atoms with Gasteiger partial charge in [0.1, 0.15) is 5.82 Å². The number of hydrogen-bond donors (Lipinski definition) is 2. The summed E-state index contributed by atoms with van der Waals surface area (Å²) < 4.78 is 1.76. The van der Waals surface area contributed by atoms with Gasteiger partial charge in [-0.05, 0) is 43.9 Å². The summed E-state index contributed by atoms with van der Waals surface area (Å²) in [5.41, 5.74) is 5.42. The summed E-state index contributed by atoms with van der Waals surface area (Å²) >= 11 is 0. The van der Waals surface area contributed by atoms with Gasteiger partial charge < -0.3 is 15.2 Å². The van der Waals surface area contributed by atoms with E-state index in [0.29, 0.717) is 19.1 Å². The molecule has 1 saturated carbocycles. The number of hydrogen-bond acceptors (Lipinski definition) is 3. The molecule has 0 aliphatic heterocycles. The predicted octanol–water partition coefficient (Wildman–Crippen LogP) is 2.79. The van der Waals surface area contributed by atoms with Crippen molar-refractivity contribution >= 4 is 17.1 Å². The molecule has 0 spiro atoms. The molecule has 2 heterocycles. The molecule has 1 aliphatic rings. The van der Waals surface area contributed by atoms with E-state index in [1.165, 1.54) is 11.1 Å². The van der Waals surface area contributed by atoms with Crippen molar-refractivity contribution < 1.29 is 4.79 Å². The minimum atomic E-state index is -0.0512. The third-order valence-corrected chi connectivity index (χ3v) is 4.99. The molecule has 3 aromatic rings. The fourth-order valence-corrected chi connectivity index (χ4v) is 3.21. The van der Waals surface area contributed by atoms with E-state index in [4.69, 9.17) is 0 Å². The Labute approximate surface area is 152 Å². The number of imidazole rings is 1. The Morgan fingerprint density at radius 1 is 1.38 bits per heavy atom. The van der Waals surface area contributed by atoms with Gasteiger partial charge in [0.05, 0.1) is 30.3 Å². The van der Waals surface area contributed by atoms with Gasteiger partial charge in [-0.3, -0.25) is 4.68 Å². The van der Waals surface area contributed by atoms with Crippen molar-refractivity contribution in [2.75, 3.05) is 0 Å². The average Bonchev–Trinajstić information content (AvgIpc) is 3.24. The lowest BCUT2D eigenvalue weighted by molar-refractivity contribution is 0.191. The van der Waals surface area contributed by atoms with Crippen LogP contribution in [0.25, 0.3) is 11.0 Å². The first-order valence-corrected chi connectivity index (χ1v) is 8.98. The molecule has 1 aromatic carbocycles. The zero-order valence-electron chi connectivity index (χ0n) is 15.4. The normalized spacial score (nSPS) is 14.0. The third-order valence-electron chi connectivity index (χ3n) is 4.99. The number of benzene rings is 1. The molecule has 136 valence electrons. The van der Waals surface area contributed by atoms with Gasteiger partial charge in [0.25, 0.3) is 0 Å². The van der Waals surface area contributed by atoms with Gasteiger partial charge in [-0.1, -0.05) is 6.07 Å². The quantitative estimate of drug-likeness (QED) is 0.741. The first-order valence-electron chi connectivity index (χ1n) is 8.98. The molecule has 26 heavy (non-hydrogen) atoms. The number of carbonyl (C=O) groups excluding carboxylic acids is 1. The van der Waals surface area contributed by atoms with E-state index in [9.17, 15) is 4.79 Å². The van der Waals surface area contributed by atoms with Crippen molar-refractivity contribution in [2.24, 2.45) is 7.05 Å². The van der Waals surface area contributed by atoms with Crippen LogP contribution in [0.15, 0.2) is 24.5 Å². The number of fused-ring (bicyclic) bond motifs is 1. The monoisotopic (exact) mass is 352 g/mol. The Hall–Kier alpha value is -2.83. The third kappa shape index (κ3) is 3.29. The predicted molar refractivity (Wildman–Crippen MR) is 99.6 cm³/mol. The highest BCUT2D eigenvalue weighted by Crippen LogP contribution is 2.28. The summed E-state index contributed by atoms with van der Waals surface area (Å²) in [4.78, 5) is 22.5. The van der Waals surface area contributed by atoms with Crippen molar-refractivity contribution in [3.8, 4) is 0 Å². The van der Waals surface area contributed by atoms with Crippen molar-refractivity contribution in [3.63, 3.8) is 0 Å². The molecule has 2 aromatic heterocycles. The van der Waals surface area contributed by atoms with Crippen LogP contribution in [0.5, 0.6) is 0 Å². The summed E-state index contributed by atoms with van der Waals surface area (Å²) in [6.07, 6.45) is 5.90. The summed E-state index contributed by atoms with van der Waals surface area (Å²) in [7, 11) is 1.89. The Morgan fingerprint density at radius 3 is 2.88 bits per heavy atom. The number of urea groups is 1. The van der Waals surface area contributed by atoms with E-state index in [2.05, 4.69) is 40.3 Å². The van der Waals surface area contributed by atoms with Crippen LogP contribution >= 0.6 is 0 Å². The highest BCUT2D eigenvalue weighted by atomic mass is 16.2. The van der Waals surface area contributed by atoms with Gasteiger partial charge in [-0.25, -0.2) is 9.78 Å². The summed E-state index contributed by atoms with van der Waals surface area (Å²) in [6.45, 7) is 5.13. The summed E-state index contributed by atoms with van der Waals surface area (Å²) in [6, 6.07) is 4.40. The lowest BCUT2D eigenvalue weighted by Gasteiger charge is -2.22. The van der Waals surface area contributed by atoms with E-state index in [1.807, 2.05) is 30.4 Å². The van der Waals surface area contributed by atoms with Gasteiger partial charge in [-0.2, -0.15) is 5.10 Å². The minimum absolute atomic E-state index is 0.0512. The van der Waals surface area contributed by atoms with E-state index < -0.39 is 0 Å². The SMILES string of the molecule is Cc1ccc2[nH]c(CNC(=O)N(Cc3cnn(C)c3)C3CC3)nc2c1C. The first-order chi connectivity index (χ1) is 12.5. The average molecular weight is 352 g/mol. The largest absolute Gasteiger partial charge is 0.340 e. The summed E-state index contributed by atoms with van der Waals surface area (Å²) in [5, 5.41) is 7.19. The number of aryl methyl sites for hydroxylation is 3. The number of rotatable bonds is 5. The van der Waals surface area contributed by atoms with E-state index >= 15 is 0 Å². The van der Waals surface area contributed by atoms with E-state index in [-0.39, 0.29) is 6.03 Å². The van der Waals surface area contributed by atoms with Crippen LogP contribution in [0, 0.1) is 13.8 Å². The molecule has 2 N–H and O–H groups in total. The molecule has 0 radical (unpaired) electrons. The fourth-order valence-electron chi connectivity index (χ4n) is 3.21. The van der Waals surface area contributed by atoms with Crippen LogP contribution in [0.1, 0.15) is 35.4 Å². The molecule has 7 heteroatoms. The van der Waals surface area contributed by atoms with Crippen LogP contribution in [0.2, 0.25) is 0 Å².